The highest BCUT2D eigenvalue weighted by Gasteiger charge is 2.12. The van der Waals surface area contributed by atoms with Crippen molar-refractivity contribution in [1.82, 2.24) is 0 Å². The van der Waals surface area contributed by atoms with Gasteiger partial charge in [-0.3, -0.25) is 0 Å². The number of rotatable bonds is 7. The maximum Gasteiger partial charge on any atom is 0.147 e. The fourth-order valence-electron chi connectivity index (χ4n) is 3.19. The number of unbranched alkanes of at least 4 members (excludes halogenated alkanes) is 2. The molecular formula is C27H21F4NO. The molecule has 0 unspecified atom stereocenters. The molecule has 0 aliphatic heterocycles. The van der Waals surface area contributed by atoms with Gasteiger partial charge in [-0.25, -0.2) is 17.6 Å². The molecule has 0 heterocycles. The molecule has 2 nitrogen and oxygen atoms in total. The first kappa shape index (κ1) is 23.9. The van der Waals surface area contributed by atoms with Crippen molar-refractivity contribution in [2.24, 2.45) is 0 Å². The molecule has 0 fully saturated rings. The van der Waals surface area contributed by atoms with Crippen LogP contribution in [0.1, 0.15) is 54.0 Å². The number of nitriles is 1. The SMILES string of the molecule is CCCCCc1cc(F)c(C#Cc2ccc(COc3cc(F)c(C#N)c(F)c3)cc2)c(F)c1. The molecule has 0 aliphatic carbocycles. The highest BCUT2D eigenvalue weighted by molar-refractivity contribution is 5.45. The van der Waals surface area contributed by atoms with Gasteiger partial charge in [-0.05, 0) is 48.2 Å². The van der Waals surface area contributed by atoms with E-state index in [0.29, 0.717) is 23.1 Å². The molecule has 0 aromatic heterocycles. The molecule has 168 valence electrons. The Morgan fingerprint density at radius 2 is 1.36 bits per heavy atom. The normalized spacial score (nSPS) is 10.3. The van der Waals surface area contributed by atoms with E-state index in [4.69, 9.17) is 10.00 Å². The first-order chi connectivity index (χ1) is 15.9. The first-order valence-corrected chi connectivity index (χ1v) is 10.5. The van der Waals surface area contributed by atoms with Crippen molar-refractivity contribution in [2.45, 2.75) is 39.2 Å². The molecular weight excluding hydrogens is 430 g/mol. The van der Waals surface area contributed by atoms with Gasteiger partial charge < -0.3 is 4.74 Å². The van der Waals surface area contributed by atoms with E-state index in [-0.39, 0.29) is 17.9 Å². The predicted molar refractivity (Wildman–Crippen MR) is 117 cm³/mol. The van der Waals surface area contributed by atoms with E-state index in [2.05, 4.69) is 18.8 Å². The van der Waals surface area contributed by atoms with Crippen LogP contribution >= 0.6 is 0 Å². The molecule has 3 aromatic rings. The smallest absolute Gasteiger partial charge is 0.147 e. The zero-order valence-corrected chi connectivity index (χ0v) is 18.0. The van der Waals surface area contributed by atoms with E-state index in [1.54, 1.807) is 24.3 Å². The van der Waals surface area contributed by atoms with Crippen LogP contribution in [0.15, 0.2) is 48.5 Å². The van der Waals surface area contributed by atoms with E-state index in [1.807, 2.05) is 0 Å². The van der Waals surface area contributed by atoms with E-state index in [1.165, 1.54) is 18.2 Å². The summed E-state index contributed by atoms with van der Waals surface area (Å²) in [5, 5.41) is 8.70. The van der Waals surface area contributed by atoms with Crippen LogP contribution in [-0.4, -0.2) is 0 Å². The van der Waals surface area contributed by atoms with Gasteiger partial charge in [0.15, 0.2) is 0 Å². The number of hydrogen-bond donors (Lipinski definition) is 0. The molecule has 0 spiro atoms. The summed E-state index contributed by atoms with van der Waals surface area (Å²) in [5.41, 5.74) is 0.922. The predicted octanol–water partition coefficient (Wildman–Crippen LogP) is 6.83. The second-order valence-electron chi connectivity index (χ2n) is 7.50. The summed E-state index contributed by atoms with van der Waals surface area (Å²) in [6.45, 7) is 2.10. The maximum atomic E-state index is 14.3. The second kappa shape index (κ2) is 11.2. The van der Waals surface area contributed by atoms with Crippen LogP contribution in [0, 0.1) is 46.4 Å². The van der Waals surface area contributed by atoms with Crippen LogP contribution in [0.5, 0.6) is 5.75 Å². The molecule has 3 rings (SSSR count). The van der Waals surface area contributed by atoms with Gasteiger partial charge in [0, 0.05) is 17.7 Å². The minimum absolute atomic E-state index is 0.0290. The number of halogens is 4. The summed E-state index contributed by atoms with van der Waals surface area (Å²) < 4.78 is 61.3. The van der Waals surface area contributed by atoms with E-state index >= 15 is 0 Å². The molecule has 0 bridgehead atoms. The fourth-order valence-corrected chi connectivity index (χ4v) is 3.19. The van der Waals surface area contributed by atoms with E-state index in [0.717, 1.165) is 31.4 Å². The lowest BCUT2D eigenvalue weighted by Gasteiger charge is -2.07. The Labute approximate surface area is 190 Å². The highest BCUT2D eigenvalue weighted by atomic mass is 19.1. The summed E-state index contributed by atoms with van der Waals surface area (Å²) in [4.78, 5) is 0. The molecule has 0 N–H and O–H groups in total. The summed E-state index contributed by atoms with van der Waals surface area (Å²) in [7, 11) is 0. The van der Waals surface area contributed by atoms with Crippen LogP contribution in [0.3, 0.4) is 0 Å². The average Bonchev–Trinajstić information content (AvgIpc) is 2.78. The van der Waals surface area contributed by atoms with Crippen LogP contribution in [0.25, 0.3) is 0 Å². The molecule has 0 saturated heterocycles. The van der Waals surface area contributed by atoms with Crippen molar-refractivity contribution < 1.29 is 22.3 Å². The van der Waals surface area contributed by atoms with Crippen molar-refractivity contribution in [3.63, 3.8) is 0 Å². The van der Waals surface area contributed by atoms with Gasteiger partial charge >= 0.3 is 0 Å². The Hall–Kier alpha value is -3.77. The van der Waals surface area contributed by atoms with Gasteiger partial charge in [0.05, 0.1) is 5.56 Å². The van der Waals surface area contributed by atoms with Gasteiger partial charge in [0.25, 0.3) is 0 Å². The third-order valence-corrected chi connectivity index (χ3v) is 4.99. The van der Waals surface area contributed by atoms with Crippen molar-refractivity contribution in [3.8, 4) is 23.7 Å². The maximum absolute atomic E-state index is 14.3. The average molecular weight is 451 g/mol. The van der Waals surface area contributed by atoms with Crippen LogP contribution < -0.4 is 4.74 Å². The third-order valence-electron chi connectivity index (χ3n) is 4.99. The lowest BCUT2D eigenvalue weighted by molar-refractivity contribution is 0.302. The Kier molecular flexibility index (Phi) is 8.11. The zero-order valence-electron chi connectivity index (χ0n) is 18.0. The Morgan fingerprint density at radius 1 is 0.758 bits per heavy atom. The summed E-state index contributed by atoms with van der Waals surface area (Å²) >= 11 is 0. The van der Waals surface area contributed by atoms with Crippen molar-refractivity contribution in [1.29, 1.82) is 5.26 Å². The first-order valence-electron chi connectivity index (χ1n) is 10.5. The Balaban J connectivity index is 1.66. The second-order valence-corrected chi connectivity index (χ2v) is 7.50. The third kappa shape index (κ3) is 6.37. The molecule has 0 aliphatic rings. The molecule has 33 heavy (non-hydrogen) atoms. The van der Waals surface area contributed by atoms with Crippen molar-refractivity contribution >= 4 is 0 Å². The monoisotopic (exact) mass is 451 g/mol. The van der Waals surface area contributed by atoms with Crippen molar-refractivity contribution in [2.75, 3.05) is 0 Å². The quantitative estimate of drug-likeness (QED) is 0.224. The summed E-state index contributed by atoms with van der Waals surface area (Å²) in [5.74, 6) is 1.90. The van der Waals surface area contributed by atoms with E-state index in [9.17, 15) is 17.6 Å². The highest BCUT2D eigenvalue weighted by Crippen LogP contribution is 2.21. The Morgan fingerprint density at radius 3 is 1.94 bits per heavy atom. The molecule has 0 atom stereocenters. The zero-order chi connectivity index (χ0) is 23.8. The lowest BCUT2D eigenvalue weighted by atomic mass is 10.0. The summed E-state index contributed by atoms with van der Waals surface area (Å²) in [6.07, 6.45) is 3.55. The van der Waals surface area contributed by atoms with Gasteiger partial charge in [0.2, 0.25) is 0 Å². The molecule has 6 heteroatoms. The summed E-state index contributed by atoms with van der Waals surface area (Å²) in [6, 6.07) is 12.7. The largest absolute Gasteiger partial charge is 0.489 e. The number of aryl methyl sites for hydroxylation is 1. The standard InChI is InChI=1S/C27H21F4NO/c1-2-3-4-5-20-12-24(28)22(25(29)13-20)11-10-18-6-8-19(9-7-18)17-33-21-14-26(30)23(16-32)27(31)15-21/h6-9,12-15H,2-5,17H2,1H3. The fraction of sp³-hybridized carbons (Fsp3) is 0.222. The minimum atomic E-state index is -0.994. The molecule has 3 aromatic carbocycles. The number of nitrogens with zero attached hydrogens (tertiary/aromatic N) is 1. The van der Waals surface area contributed by atoms with Crippen LogP contribution in [0.2, 0.25) is 0 Å². The molecule has 0 radical (unpaired) electrons. The number of benzene rings is 3. The van der Waals surface area contributed by atoms with Gasteiger partial charge in [-0.15, -0.1) is 0 Å². The van der Waals surface area contributed by atoms with Crippen LogP contribution in [-0.2, 0) is 13.0 Å². The molecule has 0 saturated carbocycles. The van der Waals surface area contributed by atoms with Gasteiger partial charge in [0.1, 0.15) is 47.3 Å². The number of ether oxygens (including phenoxy) is 1. The van der Waals surface area contributed by atoms with Gasteiger partial charge in [-0.1, -0.05) is 43.7 Å². The van der Waals surface area contributed by atoms with Crippen molar-refractivity contribution in [3.05, 3.63) is 99.6 Å². The minimum Gasteiger partial charge on any atom is -0.489 e. The van der Waals surface area contributed by atoms with Gasteiger partial charge in [-0.2, -0.15) is 5.26 Å². The lowest BCUT2D eigenvalue weighted by Crippen LogP contribution is -1.98. The topological polar surface area (TPSA) is 33.0 Å². The Bertz CT molecular complexity index is 1190. The van der Waals surface area contributed by atoms with Crippen LogP contribution in [0.4, 0.5) is 17.6 Å². The van der Waals surface area contributed by atoms with E-state index < -0.39 is 28.8 Å². The molecule has 0 amide bonds. The number of hydrogen-bond acceptors (Lipinski definition) is 2.